The second-order valence-corrected chi connectivity index (χ2v) is 9.60. The minimum Gasteiger partial charge on any atom is -0.389 e. The molecule has 4 rings (SSSR count). The van der Waals surface area contributed by atoms with Crippen LogP contribution < -0.4 is 5.32 Å². The van der Waals surface area contributed by atoms with Crippen molar-refractivity contribution < 1.29 is 9.90 Å². The smallest absolute Gasteiger partial charge is 0.317 e. The van der Waals surface area contributed by atoms with E-state index in [9.17, 15) is 9.90 Å². The highest BCUT2D eigenvalue weighted by Gasteiger charge is 2.46. The van der Waals surface area contributed by atoms with Crippen molar-refractivity contribution in [3.05, 3.63) is 0 Å². The number of hydrogen-bond donors (Lipinski definition) is 2. The zero-order valence-electron chi connectivity index (χ0n) is 17.1. The molecular formula is C21H38N4O2. The van der Waals surface area contributed by atoms with Crippen molar-refractivity contribution in [1.29, 1.82) is 0 Å². The van der Waals surface area contributed by atoms with Gasteiger partial charge in [0.15, 0.2) is 0 Å². The van der Waals surface area contributed by atoms with E-state index in [0.717, 1.165) is 58.2 Å². The lowest BCUT2D eigenvalue weighted by Gasteiger charge is -2.50. The minimum atomic E-state index is -0.500. The SMILES string of the molecule is CN1CCC(CNC(=O)N2CCC(O)(C3CC3)CC2)(N2CCCCC2)CC1. The van der Waals surface area contributed by atoms with Gasteiger partial charge in [0.05, 0.1) is 5.60 Å². The third kappa shape index (κ3) is 4.28. The Morgan fingerprint density at radius 1 is 0.963 bits per heavy atom. The third-order valence-corrected chi connectivity index (χ3v) is 7.77. The van der Waals surface area contributed by atoms with Gasteiger partial charge in [-0.3, -0.25) is 4.90 Å². The zero-order chi connectivity index (χ0) is 18.9. The molecule has 0 spiro atoms. The minimum absolute atomic E-state index is 0.0724. The van der Waals surface area contributed by atoms with E-state index in [1.165, 1.54) is 32.4 Å². The van der Waals surface area contributed by atoms with Crippen LogP contribution in [0.15, 0.2) is 0 Å². The van der Waals surface area contributed by atoms with E-state index in [1.54, 1.807) is 0 Å². The van der Waals surface area contributed by atoms with Crippen molar-refractivity contribution >= 4 is 6.03 Å². The molecule has 0 bridgehead atoms. The summed E-state index contributed by atoms with van der Waals surface area (Å²) in [6.45, 7) is 6.74. The number of piperidine rings is 3. The number of carbonyl (C=O) groups is 1. The summed E-state index contributed by atoms with van der Waals surface area (Å²) in [4.78, 5) is 19.8. The van der Waals surface area contributed by atoms with Crippen molar-refractivity contribution in [2.75, 3.05) is 52.9 Å². The number of aliphatic hydroxyl groups is 1. The van der Waals surface area contributed by atoms with Gasteiger partial charge in [-0.15, -0.1) is 0 Å². The fourth-order valence-electron chi connectivity index (χ4n) is 5.49. The molecule has 6 heteroatoms. The maximum atomic E-state index is 12.8. The van der Waals surface area contributed by atoms with Gasteiger partial charge in [0, 0.05) is 25.2 Å². The summed E-state index contributed by atoms with van der Waals surface area (Å²) < 4.78 is 0. The molecule has 3 aliphatic heterocycles. The van der Waals surface area contributed by atoms with Crippen LogP contribution in [0.25, 0.3) is 0 Å². The Hall–Kier alpha value is -0.850. The van der Waals surface area contributed by atoms with Crippen LogP contribution in [-0.4, -0.2) is 89.8 Å². The Labute approximate surface area is 164 Å². The molecule has 0 radical (unpaired) electrons. The monoisotopic (exact) mass is 378 g/mol. The first kappa shape index (κ1) is 19.5. The normalized spacial score (nSPS) is 29.5. The van der Waals surface area contributed by atoms with Gasteiger partial charge in [-0.25, -0.2) is 4.79 Å². The largest absolute Gasteiger partial charge is 0.389 e. The fraction of sp³-hybridized carbons (Fsp3) is 0.952. The molecule has 3 saturated heterocycles. The van der Waals surface area contributed by atoms with Gasteiger partial charge in [0.1, 0.15) is 0 Å². The molecule has 27 heavy (non-hydrogen) atoms. The summed E-state index contributed by atoms with van der Waals surface area (Å²) in [5.41, 5.74) is -0.368. The molecule has 0 aromatic rings. The molecule has 154 valence electrons. The highest BCUT2D eigenvalue weighted by atomic mass is 16.3. The molecule has 0 aromatic heterocycles. The van der Waals surface area contributed by atoms with E-state index in [2.05, 4.69) is 22.2 Å². The molecule has 2 amide bonds. The predicted molar refractivity (Wildman–Crippen MR) is 107 cm³/mol. The Morgan fingerprint density at radius 3 is 2.19 bits per heavy atom. The average Bonchev–Trinajstić information content (AvgIpc) is 3.55. The van der Waals surface area contributed by atoms with Crippen molar-refractivity contribution in [3.8, 4) is 0 Å². The molecule has 4 aliphatic rings. The van der Waals surface area contributed by atoms with Crippen LogP contribution in [-0.2, 0) is 0 Å². The Morgan fingerprint density at radius 2 is 1.59 bits per heavy atom. The molecule has 4 fully saturated rings. The van der Waals surface area contributed by atoms with Gasteiger partial charge in [0.2, 0.25) is 0 Å². The lowest BCUT2D eigenvalue weighted by Crippen LogP contribution is -2.62. The van der Waals surface area contributed by atoms with Gasteiger partial charge < -0.3 is 20.2 Å². The van der Waals surface area contributed by atoms with Crippen LogP contribution in [0.2, 0.25) is 0 Å². The Balaban J connectivity index is 1.32. The van der Waals surface area contributed by atoms with Crippen LogP contribution in [0.4, 0.5) is 4.79 Å². The number of nitrogens with zero attached hydrogens (tertiary/aromatic N) is 3. The van der Waals surface area contributed by atoms with Crippen molar-refractivity contribution in [2.45, 2.75) is 68.9 Å². The first-order valence-electron chi connectivity index (χ1n) is 11.2. The van der Waals surface area contributed by atoms with Crippen molar-refractivity contribution in [1.82, 2.24) is 20.0 Å². The molecule has 0 unspecified atom stereocenters. The topological polar surface area (TPSA) is 59.1 Å². The van der Waals surface area contributed by atoms with E-state index in [-0.39, 0.29) is 11.6 Å². The maximum Gasteiger partial charge on any atom is 0.317 e. The second kappa shape index (κ2) is 7.88. The second-order valence-electron chi connectivity index (χ2n) is 9.60. The number of nitrogens with one attached hydrogen (secondary N) is 1. The standard InChI is InChI=1S/C21H38N4O2/c1-23-13-7-20(8-14-23,25-11-3-2-4-12-25)17-22-19(26)24-15-9-21(27,10-16-24)18-5-6-18/h18,27H,2-17H2,1H3,(H,22,26). The fourth-order valence-corrected chi connectivity index (χ4v) is 5.49. The molecule has 0 atom stereocenters. The van der Waals surface area contributed by atoms with Crippen LogP contribution in [0.1, 0.15) is 57.8 Å². The maximum absolute atomic E-state index is 12.8. The van der Waals surface area contributed by atoms with Gasteiger partial charge in [-0.05, 0) is 90.5 Å². The first-order valence-corrected chi connectivity index (χ1v) is 11.2. The van der Waals surface area contributed by atoms with Crippen molar-refractivity contribution in [3.63, 3.8) is 0 Å². The van der Waals surface area contributed by atoms with Crippen molar-refractivity contribution in [2.24, 2.45) is 5.92 Å². The van der Waals surface area contributed by atoms with E-state index in [1.807, 2.05) is 4.90 Å². The summed E-state index contributed by atoms with van der Waals surface area (Å²) in [6, 6.07) is 0.0724. The zero-order valence-corrected chi connectivity index (χ0v) is 17.1. The Bertz CT molecular complexity index is 514. The van der Waals surface area contributed by atoms with Gasteiger partial charge >= 0.3 is 6.03 Å². The summed E-state index contributed by atoms with van der Waals surface area (Å²) in [5, 5.41) is 14.0. The van der Waals surface area contributed by atoms with Gasteiger partial charge in [0.25, 0.3) is 0 Å². The van der Waals surface area contributed by atoms with Crippen LogP contribution in [0.5, 0.6) is 0 Å². The van der Waals surface area contributed by atoms with E-state index < -0.39 is 5.60 Å². The van der Waals surface area contributed by atoms with E-state index in [0.29, 0.717) is 19.0 Å². The molecule has 1 saturated carbocycles. The number of hydrogen-bond acceptors (Lipinski definition) is 4. The van der Waals surface area contributed by atoms with Crippen LogP contribution in [0.3, 0.4) is 0 Å². The number of carbonyl (C=O) groups excluding carboxylic acids is 1. The quantitative estimate of drug-likeness (QED) is 0.784. The lowest BCUT2D eigenvalue weighted by molar-refractivity contribution is -0.0315. The number of likely N-dealkylation sites (tertiary alicyclic amines) is 3. The average molecular weight is 379 g/mol. The Kier molecular flexibility index (Phi) is 5.68. The first-order chi connectivity index (χ1) is 13.0. The number of rotatable bonds is 4. The predicted octanol–water partition coefficient (Wildman–Crippen LogP) is 1.88. The molecule has 6 nitrogen and oxygen atoms in total. The highest BCUT2D eigenvalue weighted by molar-refractivity contribution is 5.74. The third-order valence-electron chi connectivity index (χ3n) is 7.77. The van der Waals surface area contributed by atoms with Gasteiger partial charge in [-0.1, -0.05) is 6.42 Å². The molecule has 2 N–H and O–H groups in total. The van der Waals surface area contributed by atoms with Crippen LogP contribution >= 0.6 is 0 Å². The molecule has 0 aromatic carbocycles. The molecule has 3 heterocycles. The van der Waals surface area contributed by atoms with E-state index in [4.69, 9.17) is 0 Å². The number of urea groups is 1. The summed E-state index contributed by atoms with van der Waals surface area (Å²) in [5.74, 6) is 0.490. The van der Waals surface area contributed by atoms with Crippen LogP contribution in [0, 0.1) is 5.92 Å². The van der Waals surface area contributed by atoms with E-state index >= 15 is 0 Å². The lowest BCUT2D eigenvalue weighted by atomic mass is 9.84. The summed E-state index contributed by atoms with van der Waals surface area (Å²) in [6.07, 6.45) is 10.0. The molecular weight excluding hydrogens is 340 g/mol. The number of amides is 2. The van der Waals surface area contributed by atoms with Gasteiger partial charge in [-0.2, -0.15) is 0 Å². The highest BCUT2D eigenvalue weighted by Crippen LogP contribution is 2.45. The molecule has 1 aliphatic carbocycles. The summed E-state index contributed by atoms with van der Waals surface area (Å²) >= 11 is 0. The summed E-state index contributed by atoms with van der Waals surface area (Å²) in [7, 11) is 2.20.